The molecule has 0 radical (unpaired) electrons. The Morgan fingerprint density at radius 3 is 2.83 bits per heavy atom. The number of amides is 1. The molecule has 3 heterocycles. The van der Waals surface area contributed by atoms with Crippen molar-refractivity contribution < 1.29 is 18.0 Å². The molecule has 0 spiro atoms. The summed E-state index contributed by atoms with van der Waals surface area (Å²) in [5.74, 6) is 0.633. The number of pyridine rings is 1. The third kappa shape index (κ3) is 4.19. The molecule has 9 heteroatoms. The van der Waals surface area contributed by atoms with Crippen molar-refractivity contribution in [3.05, 3.63) is 52.2 Å². The van der Waals surface area contributed by atoms with Crippen LogP contribution in [0, 0.1) is 0 Å². The van der Waals surface area contributed by atoms with Crippen LogP contribution >= 0.6 is 11.6 Å². The number of nitrogens with one attached hydrogen (secondary N) is 1. The summed E-state index contributed by atoms with van der Waals surface area (Å²) in [5.41, 5.74) is 1.08. The molecule has 1 amide bonds. The highest BCUT2D eigenvalue weighted by atomic mass is 35.5. The van der Waals surface area contributed by atoms with E-state index in [4.69, 9.17) is 11.6 Å². The molecule has 2 aliphatic rings. The number of anilines is 2. The van der Waals surface area contributed by atoms with Crippen LogP contribution in [0.1, 0.15) is 42.0 Å². The number of carbonyl (C=O) groups excluding carboxylic acids is 1. The SMILES string of the molecule is O=CN1CCCCC1c1cnc2c(c1)N(Cc1cc(Cl)ccc1C(F)(F)F)CCN2. The fraction of sp³-hybridized carbons (Fsp3) is 0.429. The molecule has 0 aliphatic carbocycles. The van der Waals surface area contributed by atoms with Gasteiger partial charge in [0.2, 0.25) is 6.41 Å². The first-order valence-corrected chi connectivity index (χ1v) is 10.3. The second-order valence-corrected chi connectivity index (χ2v) is 8.08. The molecular formula is C21H22ClF3N4O. The van der Waals surface area contributed by atoms with Gasteiger partial charge in [0.25, 0.3) is 0 Å². The Hall–Kier alpha value is -2.48. The zero-order valence-corrected chi connectivity index (χ0v) is 17.0. The van der Waals surface area contributed by atoms with Crippen LogP contribution < -0.4 is 10.2 Å². The van der Waals surface area contributed by atoms with Crippen LogP contribution in [0.4, 0.5) is 24.7 Å². The van der Waals surface area contributed by atoms with Gasteiger partial charge in [0.15, 0.2) is 0 Å². The third-order valence-electron chi connectivity index (χ3n) is 5.70. The summed E-state index contributed by atoms with van der Waals surface area (Å²) in [7, 11) is 0. The van der Waals surface area contributed by atoms with Gasteiger partial charge in [-0.3, -0.25) is 4.79 Å². The van der Waals surface area contributed by atoms with Crippen LogP contribution in [-0.2, 0) is 17.5 Å². The fourth-order valence-electron chi connectivity index (χ4n) is 4.24. The Kier molecular flexibility index (Phi) is 5.77. The molecule has 5 nitrogen and oxygen atoms in total. The maximum Gasteiger partial charge on any atom is 0.416 e. The van der Waals surface area contributed by atoms with Gasteiger partial charge in [0.1, 0.15) is 5.82 Å². The highest BCUT2D eigenvalue weighted by Gasteiger charge is 2.34. The normalized spacial score (nSPS) is 19.3. The standard InChI is InChI=1S/C21H22ClF3N4O/c22-16-4-5-17(21(23,24)25)15(9-16)12-28-8-6-26-20-19(28)10-14(11-27-20)18-3-1-2-7-29(18)13-30/h4-5,9-11,13,18H,1-3,6-8,12H2,(H,26,27). The first kappa shape index (κ1) is 20.8. The summed E-state index contributed by atoms with van der Waals surface area (Å²) >= 11 is 5.99. The Morgan fingerprint density at radius 1 is 1.23 bits per heavy atom. The van der Waals surface area contributed by atoms with Crippen molar-refractivity contribution in [2.45, 2.75) is 38.0 Å². The van der Waals surface area contributed by atoms with Crippen LogP contribution in [0.2, 0.25) is 5.02 Å². The molecule has 1 aromatic heterocycles. The molecule has 1 saturated heterocycles. The van der Waals surface area contributed by atoms with Gasteiger partial charge in [-0.05, 0) is 54.7 Å². The van der Waals surface area contributed by atoms with Crippen molar-refractivity contribution in [3.63, 3.8) is 0 Å². The van der Waals surface area contributed by atoms with E-state index in [1.807, 2.05) is 11.0 Å². The summed E-state index contributed by atoms with van der Waals surface area (Å²) < 4.78 is 40.5. The van der Waals surface area contributed by atoms with E-state index in [1.54, 1.807) is 11.1 Å². The summed E-state index contributed by atoms with van der Waals surface area (Å²) in [5, 5.41) is 3.47. The summed E-state index contributed by atoms with van der Waals surface area (Å²) in [4.78, 5) is 19.6. The molecule has 0 bridgehead atoms. The van der Waals surface area contributed by atoms with Gasteiger partial charge in [0.05, 0.1) is 17.3 Å². The smallest absolute Gasteiger partial charge is 0.367 e. The lowest BCUT2D eigenvalue weighted by Crippen LogP contribution is -2.36. The van der Waals surface area contributed by atoms with Gasteiger partial charge in [-0.2, -0.15) is 13.2 Å². The van der Waals surface area contributed by atoms with Crippen molar-refractivity contribution >= 4 is 29.5 Å². The number of aromatic nitrogens is 1. The van der Waals surface area contributed by atoms with Gasteiger partial charge in [-0.1, -0.05) is 11.6 Å². The minimum Gasteiger partial charge on any atom is -0.367 e. The maximum absolute atomic E-state index is 13.5. The Bertz CT molecular complexity index is 937. The van der Waals surface area contributed by atoms with Gasteiger partial charge >= 0.3 is 6.18 Å². The number of fused-ring (bicyclic) bond motifs is 1. The Balaban J connectivity index is 1.67. The molecule has 0 saturated carbocycles. The molecule has 1 N–H and O–H groups in total. The number of piperidine rings is 1. The van der Waals surface area contributed by atoms with E-state index in [2.05, 4.69) is 10.3 Å². The summed E-state index contributed by atoms with van der Waals surface area (Å²) in [6, 6.07) is 5.54. The molecule has 160 valence electrons. The fourth-order valence-corrected chi connectivity index (χ4v) is 4.43. The van der Waals surface area contributed by atoms with E-state index in [0.29, 0.717) is 25.5 Å². The lowest BCUT2D eigenvalue weighted by atomic mass is 9.96. The molecule has 2 aromatic rings. The molecule has 30 heavy (non-hydrogen) atoms. The van der Waals surface area contributed by atoms with E-state index in [1.165, 1.54) is 12.1 Å². The van der Waals surface area contributed by atoms with Crippen molar-refractivity contribution in [1.82, 2.24) is 9.88 Å². The van der Waals surface area contributed by atoms with E-state index >= 15 is 0 Å². The predicted octanol–water partition coefficient (Wildman–Crippen LogP) is 4.87. The zero-order chi connectivity index (χ0) is 21.3. The first-order chi connectivity index (χ1) is 14.4. The number of halogens is 4. The number of likely N-dealkylation sites (tertiary alicyclic amines) is 1. The monoisotopic (exact) mass is 438 g/mol. The van der Waals surface area contributed by atoms with Crippen LogP contribution in [-0.4, -0.2) is 35.9 Å². The highest BCUT2D eigenvalue weighted by Crippen LogP contribution is 2.38. The molecule has 1 atom stereocenters. The van der Waals surface area contributed by atoms with Crippen molar-refractivity contribution in [3.8, 4) is 0 Å². The van der Waals surface area contributed by atoms with Crippen molar-refractivity contribution in [2.24, 2.45) is 0 Å². The lowest BCUT2D eigenvalue weighted by Gasteiger charge is -2.36. The Labute approximate surface area is 177 Å². The number of benzene rings is 1. The Morgan fingerprint density at radius 2 is 2.07 bits per heavy atom. The number of alkyl halides is 3. The molecule has 4 rings (SSSR count). The lowest BCUT2D eigenvalue weighted by molar-refractivity contribution is -0.138. The van der Waals surface area contributed by atoms with Gasteiger partial charge in [0, 0.05) is 37.4 Å². The zero-order valence-electron chi connectivity index (χ0n) is 16.3. The van der Waals surface area contributed by atoms with Crippen LogP contribution in [0.25, 0.3) is 0 Å². The second-order valence-electron chi connectivity index (χ2n) is 7.64. The van der Waals surface area contributed by atoms with E-state index in [-0.39, 0.29) is 23.2 Å². The minimum absolute atomic E-state index is 0.0604. The number of rotatable bonds is 4. The summed E-state index contributed by atoms with van der Waals surface area (Å²) in [6.45, 7) is 1.87. The predicted molar refractivity (Wildman–Crippen MR) is 110 cm³/mol. The molecular weight excluding hydrogens is 417 g/mol. The molecule has 2 aliphatic heterocycles. The number of hydrogen-bond donors (Lipinski definition) is 1. The maximum atomic E-state index is 13.5. The van der Waals surface area contributed by atoms with Gasteiger partial charge in [-0.25, -0.2) is 4.98 Å². The first-order valence-electron chi connectivity index (χ1n) is 9.92. The topological polar surface area (TPSA) is 48.5 Å². The quantitative estimate of drug-likeness (QED) is 0.692. The second kappa shape index (κ2) is 8.34. The molecule has 1 fully saturated rings. The summed E-state index contributed by atoms with van der Waals surface area (Å²) in [6.07, 6.45) is 0.994. The van der Waals surface area contributed by atoms with E-state index in [0.717, 1.165) is 43.0 Å². The number of hydrogen-bond acceptors (Lipinski definition) is 4. The molecule has 1 aromatic carbocycles. The van der Waals surface area contributed by atoms with Crippen LogP contribution in [0.5, 0.6) is 0 Å². The van der Waals surface area contributed by atoms with Crippen LogP contribution in [0.3, 0.4) is 0 Å². The number of carbonyl (C=O) groups is 1. The van der Waals surface area contributed by atoms with Gasteiger partial charge in [-0.15, -0.1) is 0 Å². The average Bonchev–Trinajstić information content (AvgIpc) is 2.73. The van der Waals surface area contributed by atoms with Crippen LogP contribution in [0.15, 0.2) is 30.5 Å². The largest absolute Gasteiger partial charge is 0.416 e. The average molecular weight is 439 g/mol. The highest BCUT2D eigenvalue weighted by molar-refractivity contribution is 6.30. The van der Waals surface area contributed by atoms with E-state index < -0.39 is 11.7 Å². The van der Waals surface area contributed by atoms with Crippen molar-refractivity contribution in [2.75, 3.05) is 29.9 Å². The number of nitrogens with zero attached hydrogens (tertiary/aromatic N) is 3. The third-order valence-corrected chi connectivity index (χ3v) is 5.94. The van der Waals surface area contributed by atoms with Gasteiger partial charge < -0.3 is 15.1 Å². The van der Waals surface area contributed by atoms with E-state index in [9.17, 15) is 18.0 Å². The van der Waals surface area contributed by atoms with Crippen molar-refractivity contribution in [1.29, 1.82) is 0 Å². The molecule has 1 unspecified atom stereocenters. The minimum atomic E-state index is -4.45.